The molecule has 0 aliphatic heterocycles. The zero-order valence-corrected chi connectivity index (χ0v) is 14.0. The molecule has 1 aromatic heterocycles. The number of nitrogens with zero attached hydrogens (tertiary/aromatic N) is 2. The van der Waals surface area contributed by atoms with E-state index in [0.717, 1.165) is 31.1 Å². The fraction of sp³-hybridized carbons (Fsp3) is 0.625. The lowest BCUT2D eigenvalue weighted by molar-refractivity contribution is 0.213. The molecule has 112 valence electrons. The van der Waals surface area contributed by atoms with Crippen LogP contribution in [-0.4, -0.2) is 50.1 Å². The molecule has 1 rings (SSSR count). The van der Waals surface area contributed by atoms with Gasteiger partial charge in [-0.2, -0.15) is 0 Å². The summed E-state index contributed by atoms with van der Waals surface area (Å²) in [5.74, 6) is 6.71. The number of hydrogen-bond donors (Lipinski definition) is 1. The first kappa shape index (κ1) is 17.2. The van der Waals surface area contributed by atoms with Gasteiger partial charge in [0.1, 0.15) is 0 Å². The second kappa shape index (κ2) is 9.15. The van der Waals surface area contributed by atoms with Crippen molar-refractivity contribution in [3.05, 3.63) is 21.9 Å². The standard InChI is InChI=1S/C16H27N3S/c1-14(2)12-19(11-10-18(3)4)13-16-8-7-15(20-16)6-5-9-17/h7-8,14H,9-13,17H2,1-4H3. The summed E-state index contributed by atoms with van der Waals surface area (Å²) in [4.78, 5) is 7.25. The van der Waals surface area contributed by atoms with E-state index in [0.29, 0.717) is 12.5 Å². The molecule has 0 aromatic carbocycles. The fourth-order valence-corrected chi connectivity index (χ4v) is 2.91. The molecule has 4 heteroatoms. The molecule has 2 N–H and O–H groups in total. The minimum Gasteiger partial charge on any atom is -0.320 e. The summed E-state index contributed by atoms with van der Waals surface area (Å²) in [6.45, 7) is 9.32. The van der Waals surface area contributed by atoms with Crippen molar-refractivity contribution < 1.29 is 0 Å². The summed E-state index contributed by atoms with van der Waals surface area (Å²) in [6.07, 6.45) is 0. The number of rotatable bonds is 7. The molecular formula is C16H27N3S. The Morgan fingerprint density at radius 2 is 2.00 bits per heavy atom. The lowest BCUT2D eigenvalue weighted by Gasteiger charge is -2.25. The Balaban J connectivity index is 2.60. The molecule has 0 aliphatic carbocycles. The van der Waals surface area contributed by atoms with Crippen molar-refractivity contribution in [2.45, 2.75) is 20.4 Å². The van der Waals surface area contributed by atoms with Crippen molar-refractivity contribution in [2.75, 3.05) is 40.3 Å². The molecule has 0 saturated carbocycles. The molecule has 0 fully saturated rings. The van der Waals surface area contributed by atoms with Gasteiger partial charge in [0.15, 0.2) is 0 Å². The molecular weight excluding hydrogens is 266 g/mol. The second-order valence-corrected chi connectivity index (χ2v) is 6.87. The molecule has 1 heterocycles. The smallest absolute Gasteiger partial charge is 0.0772 e. The summed E-state index contributed by atoms with van der Waals surface area (Å²) >= 11 is 1.78. The summed E-state index contributed by atoms with van der Waals surface area (Å²) in [5.41, 5.74) is 5.40. The lowest BCUT2D eigenvalue weighted by atomic mass is 10.2. The van der Waals surface area contributed by atoms with Crippen LogP contribution in [0.4, 0.5) is 0 Å². The van der Waals surface area contributed by atoms with E-state index in [9.17, 15) is 0 Å². The fourth-order valence-electron chi connectivity index (χ4n) is 1.98. The third-order valence-corrected chi connectivity index (χ3v) is 3.83. The first-order chi connectivity index (χ1) is 9.51. The molecule has 3 nitrogen and oxygen atoms in total. The Morgan fingerprint density at radius 3 is 2.60 bits per heavy atom. The predicted molar refractivity (Wildman–Crippen MR) is 88.9 cm³/mol. The average molecular weight is 293 g/mol. The van der Waals surface area contributed by atoms with Crippen molar-refractivity contribution in [1.29, 1.82) is 0 Å². The minimum absolute atomic E-state index is 0.426. The van der Waals surface area contributed by atoms with Crippen LogP contribution in [0.5, 0.6) is 0 Å². The van der Waals surface area contributed by atoms with Crippen LogP contribution in [-0.2, 0) is 6.54 Å². The van der Waals surface area contributed by atoms with Gasteiger partial charge in [-0.25, -0.2) is 0 Å². The molecule has 0 amide bonds. The Morgan fingerprint density at radius 1 is 1.25 bits per heavy atom. The van der Waals surface area contributed by atoms with Crippen LogP contribution in [0.3, 0.4) is 0 Å². The maximum atomic E-state index is 5.40. The van der Waals surface area contributed by atoms with Gasteiger partial charge in [-0.15, -0.1) is 11.3 Å². The van der Waals surface area contributed by atoms with Gasteiger partial charge in [0.25, 0.3) is 0 Å². The zero-order valence-electron chi connectivity index (χ0n) is 13.1. The predicted octanol–water partition coefficient (Wildman–Crippen LogP) is 2.08. The molecule has 1 aromatic rings. The Bertz CT molecular complexity index is 440. The molecule has 20 heavy (non-hydrogen) atoms. The summed E-state index contributed by atoms with van der Waals surface area (Å²) in [5, 5.41) is 0. The molecule has 0 bridgehead atoms. The van der Waals surface area contributed by atoms with Crippen molar-refractivity contribution >= 4 is 11.3 Å². The monoisotopic (exact) mass is 293 g/mol. The van der Waals surface area contributed by atoms with E-state index < -0.39 is 0 Å². The van der Waals surface area contributed by atoms with Crippen LogP contribution < -0.4 is 5.73 Å². The Kier molecular flexibility index (Phi) is 7.86. The summed E-state index contributed by atoms with van der Waals surface area (Å²) < 4.78 is 0. The maximum absolute atomic E-state index is 5.40. The van der Waals surface area contributed by atoms with Crippen molar-refractivity contribution in [2.24, 2.45) is 11.7 Å². The van der Waals surface area contributed by atoms with Crippen LogP contribution in [0.1, 0.15) is 23.6 Å². The van der Waals surface area contributed by atoms with Gasteiger partial charge in [-0.3, -0.25) is 4.90 Å². The highest BCUT2D eigenvalue weighted by Crippen LogP contribution is 2.18. The number of hydrogen-bond acceptors (Lipinski definition) is 4. The average Bonchev–Trinajstić information content (AvgIpc) is 2.80. The van der Waals surface area contributed by atoms with E-state index in [1.807, 2.05) is 0 Å². The van der Waals surface area contributed by atoms with Gasteiger partial charge in [0.05, 0.1) is 11.4 Å². The first-order valence-corrected chi connectivity index (χ1v) is 7.97. The third-order valence-electron chi connectivity index (χ3n) is 2.84. The highest BCUT2D eigenvalue weighted by atomic mass is 32.1. The van der Waals surface area contributed by atoms with Gasteiger partial charge in [-0.1, -0.05) is 25.7 Å². The van der Waals surface area contributed by atoms with E-state index >= 15 is 0 Å². The highest BCUT2D eigenvalue weighted by Gasteiger charge is 2.10. The van der Waals surface area contributed by atoms with Gasteiger partial charge in [-0.05, 0) is 32.1 Å². The second-order valence-electron chi connectivity index (χ2n) is 5.70. The van der Waals surface area contributed by atoms with Gasteiger partial charge >= 0.3 is 0 Å². The maximum Gasteiger partial charge on any atom is 0.0772 e. The number of nitrogens with two attached hydrogens (primary N) is 1. The van der Waals surface area contributed by atoms with Crippen LogP contribution >= 0.6 is 11.3 Å². The molecule has 0 aliphatic rings. The molecule has 0 atom stereocenters. The topological polar surface area (TPSA) is 32.5 Å². The van der Waals surface area contributed by atoms with Crippen LogP contribution in [0.25, 0.3) is 0 Å². The minimum atomic E-state index is 0.426. The largest absolute Gasteiger partial charge is 0.320 e. The number of thiophene rings is 1. The normalized spacial score (nSPS) is 11.2. The Labute approximate surface area is 127 Å². The van der Waals surface area contributed by atoms with Crippen molar-refractivity contribution in [3.63, 3.8) is 0 Å². The molecule has 0 saturated heterocycles. The van der Waals surface area contributed by atoms with Gasteiger partial charge in [0.2, 0.25) is 0 Å². The summed E-state index contributed by atoms with van der Waals surface area (Å²) in [6, 6.07) is 4.29. The van der Waals surface area contributed by atoms with E-state index in [1.165, 1.54) is 4.88 Å². The van der Waals surface area contributed by atoms with E-state index in [1.54, 1.807) is 11.3 Å². The van der Waals surface area contributed by atoms with E-state index in [2.05, 4.69) is 61.7 Å². The van der Waals surface area contributed by atoms with Gasteiger partial charge < -0.3 is 10.6 Å². The highest BCUT2D eigenvalue weighted by molar-refractivity contribution is 7.12. The summed E-state index contributed by atoms with van der Waals surface area (Å²) in [7, 11) is 4.25. The zero-order chi connectivity index (χ0) is 15.0. The van der Waals surface area contributed by atoms with E-state index in [-0.39, 0.29) is 0 Å². The number of likely N-dealkylation sites (N-methyl/N-ethyl adjacent to an activating group) is 1. The Hall–Kier alpha value is -0.860. The quantitative estimate of drug-likeness (QED) is 0.781. The molecule has 0 radical (unpaired) electrons. The van der Waals surface area contributed by atoms with Crippen molar-refractivity contribution in [1.82, 2.24) is 9.80 Å². The lowest BCUT2D eigenvalue weighted by Crippen LogP contribution is -2.33. The van der Waals surface area contributed by atoms with Crippen LogP contribution in [0, 0.1) is 17.8 Å². The SMILES string of the molecule is CC(C)CN(CCN(C)C)Cc1ccc(C#CCN)s1. The van der Waals surface area contributed by atoms with Gasteiger partial charge in [0, 0.05) is 31.1 Å². The first-order valence-electron chi connectivity index (χ1n) is 7.16. The van der Waals surface area contributed by atoms with Crippen LogP contribution in [0.2, 0.25) is 0 Å². The molecule has 0 spiro atoms. The van der Waals surface area contributed by atoms with Crippen molar-refractivity contribution in [3.8, 4) is 11.8 Å². The van der Waals surface area contributed by atoms with Crippen LogP contribution in [0.15, 0.2) is 12.1 Å². The molecule has 0 unspecified atom stereocenters. The van der Waals surface area contributed by atoms with E-state index in [4.69, 9.17) is 5.73 Å². The third kappa shape index (κ3) is 7.06.